The highest BCUT2D eigenvalue weighted by Crippen LogP contribution is 2.37. The van der Waals surface area contributed by atoms with Gasteiger partial charge in [-0.1, -0.05) is 36.7 Å². The van der Waals surface area contributed by atoms with E-state index in [2.05, 4.69) is 45.4 Å². The molecule has 1 aromatic heterocycles. The zero-order valence-electron chi connectivity index (χ0n) is 11.2. The van der Waals surface area contributed by atoms with Gasteiger partial charge in [0.25, 0.3) is 0 Å². The normalized spacial score (nSPS) is 17.8. The molecule has 0 spiro atoms. The van der Waals surface area contributed by atoms with Crippen molar-refractivity contribution in [2.24, 2.45) is 11.8 Å². The number of hydrazine groups is 1. The standard InChI is InChI=1S/C14H16ClN5/c1-9-6-10-4-2-3-5-12(10)20(8-9)13-11(15)7-17-14(18-13)19-16/h2-5,7,9H,6,8,16H2,1H3,(H,17,18,19). The number of hydrogen-bond acceptors (Lipinski definition) is 5. The second kappa shape index (κ2) is 5.26. The van der Waals surface area contributed by atoms with Crippen molar-refractivity contribution in [1.82, 2.24) is 9.97 Å². The number of nitrogens with one attached hydrogen (secondary N) is 1. The molecule has 5 nitrogen and oxygen atoms in total. The Labute approximate surface area is 122 Å². The third-order valence-electron chi connectivity index (χ3n) is 3.46. The number of fused-ring (bicyclic) bond motifs is 1. The fourth-order valence-electron chi connectivity index (χ4n) is 2.61. The van der Waals surface area contributed by atoms with E-state index in [-0.39, 0.29) is 0 Å². The molecule has 0 saturated carbocycles. The number of anilines is 3. The molecule has 1 atom stereocenters. The van der Waals surface area contributed by atoms with Gasteiger partial charge in [-0.05, 0) is 24.0 Å². The van der Waals surface area contributed by atoms with Crippen molar-refractivity contribution in [3.8, 4) is 0 Å². The molecule has 1 aromatic carbocycles. The van der Waals surface area contributed by atoms with Crippen LogP contribution in [0, 0.1) is 5.92 Å². The monoisotopic (exact) mass is 289 g/mol. The van der Waals surface area contributed by atoms with Crippen molar-refractivity contribution < 1.29 is 0 Å². The number of aromatic nitrogens is 2. The average molecular weight is 290 g/mol. The van der Waals surface area contributed by atoms with Crippen LogP contribution >= 0.6 is 11.6 Å². The first-order valence-electron chi connectivity index (χ1n) is 6.53. The minimum absolute atomic E-state index is 0.361. The number of hydrogen-bond donors (Lipinski definition) is 2. The minimum Gasteiger partial charge on any atom is -0.324 e. The Kier molecular flexibility index (Phi) is 3.46. The van der Waals surface area contributed by atoms with Crippen LogP contribution in [0.2, 0.25) is 5.02 Å². The van der Waals surface area contributed by atoms with Gasteiger partial charge in [0.1, 0.15) is 5.02 Å². The minimum atomic E-state index is 0.361. The molecule has 0 amide bonds. The van der Waals surface area contributed by atoms with Gasteiger partial charge in [0, 0.05) is 12.2 Å². The molecule has 2 heterocycles. The van der Waals surface area contributed by atoms with Gasteiger partial charge >= 0.3 is 0 Å². The molecule has 2 aromatic rings. The number of benzene rings is 1. The number of nitrogen functional groups attached to an aromatic ring is 1. The van der Waals surface area contributed by atoms with E-state index in [1.165, 1.54) is 5.56 Å². The molecule has 1 aliphatic heterocycles. The lowest BCUT2D eigenvalue weighted by atomic mass is 9.94. The van der Waals surface area contributed by atoms with Gasteiger partial charge < -0.3 is 4.90 Å². The molecule has 0 saturated heterocycles. The molecule has 3 rings (SSSR count). The summed E-state index contributed by atoms with van der Waals surface area (Å²) in [5, 5.41) is 0.521. The Morgan fingerprint density at radius 3 is 3.00 bits per heavy atom. The zero-order chi connectivity index (χ0) is 14.1. The van der Waals surface area contributed by atoms with Crippen molar-refractivity contribution in [2.45, 2.75) is 13.3 Å². The molecule has 20 heavy (non-hydrogen) atoms. The molecule has 0 bridgehead atoms. The van der Waals surface area contributed by atoms with Crippen LogP contribution < -0.4 is 16.2 Å². The first kappa shape index (κ1) is 13.1. The highest BCUT2D eigenvalue weighted by atomic mass is 35.5. The summed E-state index contributed by atoms with van der Waals surface area (Å²) in [6.07, 6.45) is 2.64. The quantitative estimate of drug-likeness (QED) is 0.657. The van der Waals surface area contributed by atoms with Crippen LogP contribution in [0.4, 0.5) is 17.5 Å². The van der Waals surface area contributed by atoms with Gasteiger partial charge in [-0.2, -0.15) is 4.98 Å². The molecular formula is C14H16ClN5. The molecule has 6 heteroatoms. The molecule has 0 fully saturated rings. The van der Waals surface area contributed by atoms with Crippen LogP contribution in [0.5, 0.6) is 0 Å². The molecule has 3 N–H and O–H groups in total. The van der Waals surface area contributed by atoms with Gasteiger partial charge in [0.2, 0.25) is 5.95 Å². The lowest BCUT2D eigenvalue weighted by Gasteiger charge is -2.34. The first-order chi connectivity index (χ1) is 9.69. The summed E-state index contributed by atoms with van der Waals surface area (Å²) in [6, 6.07) is 8.33. The number of nitrogens with zero attached hydrogens (tertiary/aromatic N) is 3. The van der Waals surface area contributed by atoms with E-state index < -0.39 is 0 Å². The summed E-state index contributed by atoms with van der Waals surface area (Å²) in [4.78, 5) is 10.5. The molecule has 0 radical (unpaired) electrons. The number of para-hydroxylation sites is 1. The Balaban J connectivity index is 2.10. The van der Waals surface area contributed by atoms with Crippen LogP contribution in [0.3, 0.4) is 0 Å². The average Bonchev–Trinajstić information content (AvgIpc) is 2.47. The van der Waals surface area contributed by atoms with E-state index in [4.69, 9.17) is 17.4 Å². The van der Waals surface area contributed by atoms with Gasteiger partial charge in [0.15, 0.2) is 5.82 Å². The summed E-state index contributed by atoms with van der Waals surface area (Å²) in [6.45, 7) is 3.10. The maximum atomic E-state index is 6.27. The van der Waals surface area contributed by atoms with Crippen molar-refractivity contribution in [3.63, 3.8) is 0 Å². The van der Waals surface area contributed by atoms with E-state index >= 15 is 0 Å². The molecule has 1 unspecified atom stereocenters. The first-order valence-corrected chi connectivity index (χ1v) is 6.91. The molecule has 0 aliphatic carbocycles. The largest absolute Gasteiger partial charge is 0.324 e. The Bertz CT molecular complexity index is 631. The summed E-state index contributed by atoms with van der Waals surface area (Å²) in [5.74, 6) is 6.97. The fraction of sp³-hybridized carbons (Fsp3) is 0.286. The van der Waals surface area contributed by atoms with E-state index in [1.54, 1.807) is 6.20 Å². The molecular weight excluding hydrogens is 274 g/mol. The lowest BCUT2D eigenvalue weighted by molar-refractivity contribution is 0.560. The van der Waals surface area contributed by atoms with Crippen LogP contribution in [-0.2, 0) is 6.42 Å². The van der Waals surface area contributed by atoms with Crippen molar-refractivity contribution in [3.05, 3.63) is 41.0 Å². The van der Waals surface area contributed by atoms with Gasteiger partial charge in [-0.3, -0.25) is 5.43 Å². The van der Waals surface area contributed by atoms with E-state index in [0.29, 0.717) is 22.7 Å². The van der Waals surface area contributed by atoms with E-state index in [1.807, 2.05) is 6.07 Å². The highest BCUT2D eigenvalue weighted by Gasteiger charge is 2.25. The van der Waals surface area contributed by atoms with Crippen LogP contribution in [-0.4, -0.2) is 16.5 Å². The Morgan fingerprint density at radius 1 is 1.40 bits per heavy atom. The van der Waals surface area contributed by atoms with E-state index in [9.17, 15) is 0 Å². The predicted octanol–water partition coefficient (Wildman–Crippen LogP) is 2.75. The van der Waals surface area contributed by atoms with Crippen molar-refractivity contribution in [1.29, 1.82) is 0 Å². The number of nitrogens with two attached hydrogens (primary N) is 1. The second-order valence-corrected chi connectivity index (χ2v) is 5.47. The third-order valence-corrected chi connectivity index (χ3v) is 3.72. The lowest BCUT2D eigenvalue weighted by Crippen LogP contribution is -2.31. The third kappa shape index (κ3) is 2.30. The number of halogens is 1. The van der Waals surface area contributed by atoms with Crippen LogP contribution in [0.25, 0.3) is 0 Å². The predicted molar refractivity (Wildman–Crippen MR) is 81.2 cm³/mol. The SMILES string of the molecule is CC1Cc2ccccc2N(c2nc(NN)ncc2Cl)C1. The maximum Gasteiger partial charge on any atom is 0.239 e. The highest BCUT2D eigenvalue weighted by molar-refractivity contribution is 6.33. The summed E-state index contributed by atoms with van der Waals surface area (Å²) < 4.78 is 0. The Hall–Kier alpha value is -1.85. The summed E-state index contributed by atoms with van der Waals surface area (Å²) >= 11 is 6.27. The molecule has 1 aliphatic rings. The van der Waals surface area contributed by atoms with E-state index in [0.717, 1.165) is 18.7 Å². The zero-order valence-corrected chi connectivity index (χ0v) is 11.9. The van der Waals surface area contributed by atoms with Crippen molar-refractivity contribution in [2.75, 3.05) is 16.9 Å². The fourth-order valence-corrected chi connectivity index (χ4v) is 2.81. The van der Waals surface area contributed by atoms with Crippen molar-refractivity contribution >= 4 is 29.1 Å². The van der Waals surface area contributed by atoms with Crippen LogP contribution in [0.15, 0.2) is 30.5 Å². The molecule has 104 valence electrons. The van der Waals surface area contributed by atoms with Crippen LogP contribution in [0.1, 0.15) is 12.5 Å². The summed E-state index contributed by atoms with van der Waals surface area (Å²) in [7, 11) is 0. The topological polar surface area (TPSA) is 67.1 Å². The smallest absolute Gasteiger partial charge is 0.239 e. The van der Waals surface area contributed by atoms with Gasteiger partial charge in [0.05, 0.1) is 6.20 Å². The second-order valence-electron chi connectivity index (χ2n) is 5.06. The Morgan fingerprint density at radius 2 is 2.20 bits per heavy atom. The van der Waals surface area contributed by atoms with Gasteiger partial charge in [-0.25, -0.2) is 10.8 Å². The maximum absolute atomic E-state index is 6.27. The van der Waals surface area contributed by atoms with Gasteiger partial charge in [-0.15, -0.1) is 0 Å². The summed E-state index contributed by atoms with van der Waals surface area (Å²) in [5.41, 5.74) is 4.92. The number of rotatable bonds is 2.